The summed E-state index contributed by atoms with van der Waals surface area (Å²) in [5.74, 6) is 1.03. The minimum Gasteiger partial charge on any atom is -0.492 e. The number of fused-ring (bicyclic) bond motifs is 1. The van der Waals surface area contributed by atoms with Gasteiger partial charge in [0, 0.05) is 17.9 Å². The molecule has 1 unspecified atom stereocenters. The van der Waals surface area contributed by atoms with Crippen molar-refractivity contribution < 1.29 is 4.74 Å². The molecule has 3 heteroatoms. The highest BCUT2D eigenvalue weighted by Gasteiger charge is 2.47. The number of ether oxygens (including phenoxy) is 1. The molecule has 0 spiro atoms. The lowest BCUT2D eigenvalue weighted by Gasteiger charge is -2.21. The number of rotatable bonds is 2. The Kier molecular flexibility index (Phi) is 2.30. The van der Waals surface area contributed by atoms with E-state index < -0.39 is 0 Å². The van der Waals surface area contributed by atoms with Crippen LogP contribution in [-0.4, -0.2) is 12.6 Å². The first-order valence-corrected chi connectivity index (χ1v) is 6.64. The van der Waals surface area contributed by atoms with E-state index in [9.17, 15) is 0 Å². The lowest BCUT2D eigenvalue weighted by molar-refractivity contribution is 0.355. The molecule has 16 heavy (non-hydrogen) atoms. The van der Waals surface area contributed by atoms with Crippen LogP contribution in [-0.2, 0) is 11.8 Å². The average Bonchev–Trinajstić information content (AvgIpc) is 2.92. The smallest absolute Gasteiger partial charge is 0.136 e. The first-order chi connectivity index (χ1) is 7.63. The summed E-state index contributed by atoms with van der Waals surface area (Å²) in [5.41, 5.74) is 9.07. The van der Waals surface area contributed by atoms with Crippen molar-refractivity contribution in [2.24, 2.45) is 5.73 Å². The Morgan fingerprint density at radius 2 is 2.19 bits per heavy atom. The molecule has 2 nitrogen and oxygen atoms in total. The minimum absolute atomic E-state index is 0.236. The first-order valence-electron chi connectivity index (χ1n) is 5.85. The summed E-state index contributed by atoms with van der Waals surface area (Å²) in [6.45, 7) is 2.92. The maximum Gasteiger partial charge on any atom is 0.136 e. The lowest BCUT2D eigenvalue weighted by Crippen LogP contribution is -2.31. The van der Waals surface area contributed by atoms with Gasteiger partial charge in [0.15, 0.2) is 0 Å². The molecule has 2 aliphatic rings. The Balaban J connectivity index is 2.07. The van der Waals surface area contributed by atoms with Gasteiger partial charge >= 0.3 is 0 Å². The van der Waals surface area contributed by atoms with Gasteiger partial charge in [0.2, 0.25) is 0 Å². The van der Waals surface area contributed by atoms with E-state index in [0.29, 0.717) is 0 Å². The quantitative estimate of drug-likeness (QED) is 0.905. The second kappa shape index (κ2) is 3.47. The summed E-state index contributed by atoms with van der Waals surface area (Å²) < 4.78 is 6.69. The normalized spacial score (nSPS) is 22.4. The van der Waals surface area contributed by atoms with E-state index in [-0.39, 0.29) is 11.5 Å². The van der Waals surface area contributed by atoms with Gasteiger partial charge in [-0.3, -0.25) is 0 Å². The van der Waals surface area contributed by atoms with Crippen LogP contribution >= 0.6 is 15.9 Å². The lowest BCUT2D eigenvalue weighted by atomic mass is 9.88. The van der Waals surface area contributed by atoms with Crippen LogP contribution in [0.4, 0.5) is 0 Å². The van der Waals surface area contributed by atoms with E-state index in [0.717, 1.165) is 23.2 Å². The Morgan fingerprint density at radius 3 is 2.81 bits per heavy atom. The molecule has 0 saturated heterocycles. The van der Waals surface area contributed by atoms with Crippen molar-refractivity contribution in [2.45, 2.75) is 37.6 Å². The highest BCUT2D eigenvalue weighted by Crippen LogP contribution is 2.52. The second-order valence-corrected chi connectivity index (χ2v) is 5.84. The average molecular weight is 282 g/mol. The van der Waals surface area contributed by atoms with Crippen LogP contribution in [0.5, 0.6) is 5.75 Å². The summed E-state index contributed by atoms with van der Waals surface area (Å²) in [5, 5.41) is 0. The molecule has 0 bridgehead atoms. The van der Waals surface area contributed by atoms with E-state index in [2.05, 4.69) is 35.0 Å². The Hall–Kier alpha value is -0.540. The Morgan fingerprint density at radius 1 is 1.44 bits per heavy atom. The van der Waals surface area contributed by atoms with Gasteiger partial charge in [-0.15, -0.1) is 0 Å². The van der Waals surface area contributed by atoms with Crippen LogP contribution in [0, 0.1) is 0 Å². The Bertz CT molecular complexity index is 438. The van der Waals surface area contributed by atoms with Crippen LogP contribution < -0.4 is 10.5 Å². The van der Waals surface area contributed by atoms with Crippen LogP contribution in [0.2, 0.25) is 0 Å². The fourth-order valence-corrected chi connectivity index (χ4v) is 3.31. The first kappa shape index (κ1) is 10.6. The van der Waals surface area contributed by atoms with Crippen molar-refractivity contribution in [3.63, 3.8) is 0 Å². The molecule has 2 N–H and O–H groups in total. The maximum absolute atomic E-state index is 6.11. The van der Waals surface area contributed by atoms with Gasteiger partial charge in [-0.2, -0.15) is 0 Å². The van der Waals surface area contributed by atoms with Crippen molar-refractivity contribution in [3.05, 3.63) is 27.7 Å². The van der Waals surface area contributed by atoms with Gasteiger partial charge in [-0.25, -0.2) is 0 Å². The second-order valence-electron chi connectivity index (χ2n) is 4.99. The zero-order chi connectivity index (χ0) is 11.3. The molecule has 3 rings (SSSR count). The summed E-state index contributed by atoms with van der Waals surface area (Å²) in [7, 11) is 0. The SMILES string of the molecule is CC(N)C1(c2cc(Br)c3c(c2)CCO3)CC1. The monoisotopic (exact) mass is 281 g/mol. The van der Waals surface area contributed by atoms with Crippen molar-refractivity contribution in [1.82, 2.24) is 0 Å². The van der Waals surface area contributed by atoms with Crippen LogP contribution in [0.3, 0.4) is 0 Å². The van der Waals surface area contributed by atoms with Gasteiger partial charge in [0.05, 0.1) is 11.1 Å². The summed E-state index contributed by atoms with van der Waals surface area (Å²) in [6, 6.07) is 4.73. The number of hydrogen-bond acceptors (Lipinski definition) is 2. The van der Waals surface area contributed by atoms with Crippen molar-refractivity contribution in [3.8, 4) is 5.75 Å². The minimum atomic E-state index is 0.236. The zero-order valence-corrected chi connectivity index (χ0v) is 11.0. The third-order valence-electron chi connectivity index (χ3n) is 3.97. The van der Waals surface area contributed by atoms with E-state index in [4.69, 9.17) is 10.5 Å². The van der Waals surface area contributed by atoms with E-state index in [1.165, 1.54) is 24.0 Å². The molecule has 1 aromatic rings. The predicted octanol–water partition coefficient (Wildman–Crippen LogP) is 2.76. The van der Waals surface area contributed by atoms with E-state index in [1.54, 1.807) is 0 Å². The fraction of sp³-hybridized carbons (Fsp3) is 0.538. The fourth-order valence-electron chi connectivity index (χ4n) is 2.69. The molecular formula is C13H16BrNO. The molecule has 1 heterocycles. The molecule has 1 aliphatic carbocycles. The van der Waals surface area contributed by atoms with E-state index >= 15 is 0 Å². The highest BCUT2D eigenvalue weighted by molar-refractivity contribution is 9.10. The van der Waals surface area contributed by atoms with Gasteiger partial charge in [0.1, 0.15) is 5.75 Å². The number of hydrogen-bond donors (Lipinski definition) is 1. The van der Waals surface area contributed by atoms with Gasteiger partial charge in [-0.05, 0) is 52.9 Å². The van der Waals surface area contributed by atoms with Crippen molar-refractivity contribution >= 4 is 15.9 Å². The molecule has 1 fully saturated rings. The molecule has 1 atom stereocenters. The van der Waals surface area contributed by atoms with Crippen LogP contribution in [0.15, 0.2) is 16.6 Å². The van der Waals surface area contributed by atoms with Crippen molar-refractivity contribution in [2.75, 3.05) is 6.61 Å². The standard InChI is InChI=1S/C13H16BrNO/c1-8(15)13(3-4-13)10-6-9-2-5-16-12(9)11(14)7-10/h6-8H,2-5,15H2,1H3. The number of benzene rings is 1. The highest BCUT2D eigenvalue weighted by atomic mass is 79.9. The summed E-state index contributed by atoms with van der Waals surface area (Å²) >= 11 is 3.60. The molecule has 86 valence electrons. The Labute approximate surface area is 104 Å². The molecular weight excluding hydrogens is 266 g/mol. The van der Waals surface area contributed by atoms with Crippen molar-refractivity contribution in [1.29, 1.82) is 0 Å². The zero-order valence-electron chi connectivity index (χ0n) is 9.42. The summed E-state index contributed by atoms with van der Waals surface area (Å²) in [4.78, 5) is 0. The van der Waals surface area contributed by atoms with Gasteiger partial charge < -0.3 is 10.5 Å². The maximum atomic E-state index is 6.11. The number of halogens is 1. The molecule has 1 aliphatic heterocycles. The third kappa shape index (κ3) is 1.41. The molecule has 0 amide bonds. The third-order valence-corrected chi connectivity index (χ3v) is 4.56. The largest absolute Gasteiger partial charge is 0.492 e. The van der Waals surface area contributed by atoms with E-state index in [1.807, 2.05) is 0 Å². The molecule has 0 radical (unpaired) electrons. The van der Waals surface area contributed by atoms with Crippen LogP contribution in [0.25, 0.3) is 0 Å². The molecule has 1 saturated carbocycles. The molecule has 0 aromatic heterocycles. The summed E-state index contributed by atoms with van der Waals surface area (Å²) in [6.07, 6.45) is 3.46. The number of nitrogens with two attached hydrogens (primary N) is 1. The predicted molar refractivity (Wildman–Crippen MR) is 67.9 cm³/mol. The topological polar surface area (TPSA) is 35.2 Å². The van der Waals surface area contributed by atoms with Gasteiger partial charge in [0.25, 0.3) is 0 Å². The van der Waals surface area contributed by atoms with Gasteiger partial charge in [-0.1, -0.05) is 6.07 Å². The van der Waals surface area contributed by atoms with Crippen LogP contribution in [0.1, 0.15) is 30.9 Å². The molecule has 1 aromatic carbocycles.